The van der Waals surface area contributed by atoms with Gasteiger partial charge in [-0.3, -0.25) is 13.9 Å². The van der Waals surface area contributed by atoms with Gasteiger partial charge in [0.2, 0.25) is 11.8 Å². The largest absolute Gasteiger partial charge is 0.494 e. The predicted molar refractivity (Wildman–Crippen MR) is 148 cm³/mol. The second-order valence-corrected chi connectivity index (χ2v) is 11.4. The first-order valence-corrected chi connectivity index (χ1v) is 14.1. The maximum absolute atomic E-state index is 13.6. The lowest BCUT2D eigenvalue weighted by Gasteiger charge is -2.24. The highest BCUT2D eigenvalue weighted by molar-refractivity contribution is 9.10. The molecule has 1 heterocycles. The van der Waals surface area contributed by atoms with Crippen LogP contribution in [0.4, 0.5) is 17.1 Å². The number of amides is 2. The first-order valence-electron chi connectivity index (χ1n) is 11.9. The molecule has 0 bridgehead atoms. The molecular formula is C27H28BrN3O5S. The average Bonchev–Trinajstić information content (AvgIpc) is 3.29. The Morgan fingerprint density at radius 2 is 1.78 bits per heavy atom. The second kappa shape index (κ2) is 11.4. The number of carbonyl (C=O) groups is 2. The number of benzene rings is 3. The molecule has 3 aromatic carbocycles. The molecule has 1 aliphatic rings. The van der Waals surface area contributed by atoms with E-state index in [4.69, 9.17) is 4.74 Å². The van der Waals surface area contributed by atoms with Crippen LogP contribution in [-0.2, 0) is 19.6 Å². The van der Waals surface area contributed by atoms with E-state index in [1.54, 1.807) is 59.5 Å². The normalized spacial score (nSPS) is 13.5. The Hall–Kier alpha value is -3.37. The zero-order valence-corrected chi connectivity index (χ0v) is 23.0. The molecule has 37 heavy (non-hydrogen) atoms. The zero-order valence-electron chi connectivity index (χ0n) is 20.6. The van der Waals surface area contributed by atoms with Crippen LogP contribution < -0.4 is 19.3 Å². The van der Waals surface area contributed by atoms with E-state index in [1.807, 2.05) is 13.8 Å². The van der Waals surface area contributed by atoms with Crippen LogP contribution in [-0.4, -0.2) is 39.9 Å². The van der Waals surface area contributed by atoms with Crippen LogP contribution in [0.25, 0.3) is 0 Å². The summed E-state index contributed by atoms with van der Waals surface area (Å²) < 4.78 is 34.5. The van der Waals surface area contributed by atoms with E-state index in [0.717, 1.165) is 26.4 Å². The third-order valence-electron chi connectivity index (χ3n) is 5.97. The zero-order chi connectivity index (χ0) is 26.6. The van der Waals surface area contributed by atoms with Gasteiger partial charge in [0.1, 0.15) is 12.3 Å². The quantitative estimate of drug-likeness (QED) is 0.376. The van der Waals surface area contributed by atoms with E-state index in [1.165, 1.54) is 12.1 Å². The SMILES string of the molecule is CCOc1ccc(N(CC(=O)Nc2ccc(N3CCCC3=O)c(C)c2)S(=O)(=O)c2ccc(Br)cc2)cc1. The maximum Gasteiger partial charge on any atom is 0.264 e. The molecule has 10 heteroatoms. The van der Waals surface area contributed by atoms with E-state index in [0.29, 0.717) is 36.7 Å². The number of hydrogen-bond donors (Lipinski definition) is 1. The summed E-state index contributed by atoms with van der Waals surface area (Å²) in [7, 11) is -4.05. The summed E-state index contributed by atoms with van der Waals surface area (Å²) in [6, 6.07) is 18.1. The number of sulfonamides is 1. The minimum Gasteiger partial charge on any atom is -0.494 e. The Balaban J connectivity index is 1.58. The maximum atomic E-state index is 13.6. The van der Waals surface area contributed by atoms with Gasteiger partial charge in [-0.05, 0) is 92.6 Å². The molecular weight excluding hydrogens is 558 g/mol. The molecule has 0 atom stereocenters. The average molecular weight is 587 g/mol. The molecule has 0 unspecified atom stereocenters. The third kappa shape index (κ3) is 6.14. The number of nitrogens with zero attached hydrogens (tertiary/aromatic N) is 2. The number of rotatable bonds is 9. The number of ether oxygens (including phenoxy) is 1. The topological polar surface area (TPSA) is 96.0 Å². The summed E-state index contributed by atoms with van der Waals surface area (Å²) in [6.07, 6.45) is 1.36. The van der Waals surface area contributed by atoms with Crippen molar-refractivity contribution in [2.45, 2.75) is 31.6 Å². The van der Waals surface area contributed by atoms with Crippen molar-refractivity contribution in [2.75, 3.05) is 34.2 Å². The summed E-state index contributed by atoms with van der Waals surface area (Å²) in [6.45, 7) is 4.46. The number of carbonyl (C=O) groups excluding carboxylic acids is 2. The molecule has 4 rings (SSSR count). The monoisotopic (exact) mass is 585 g/mol. The summed E-state index contributed by atoms with van der Waals surface area (Å²) in [4.78, 5) is 27.0. The van der Waals surface area contributed by atoms with Crippen molar-refractivity contribution in [1.29, 1.82) is 0 Å². The summed E-state index contributed by atoms with van der Waals surface area (Å²) in [5.41, 5.74) is 2.51. The van der Waals surface area contributed by atoms with Crippen LogP contribution in [0.2, 0.25) is 0 Å². The van der Waals surface area contributed by atoms with Gasteiger partial charge >= 0.3 is 0 Å². The van der Waals surface area contributed by atoms with E-state index in [-0.39, 0.29) is 10.8 Å². The molecule has 1 saturated heterocycles. The molecule has 0 radical (unpaired) electrons. The Morgan fingerprint density at radius 3 is 2.38 bits per heavy atom. The molecule has 8 nitrogen and oxygen atoms in total. The predicted octanol–water partition coefficient (Wildman–Crippen LogP) is 5.12. The van der Waals surface area contributed by atoms with Crippen molar-refractivity contribution in [3.63, 3.8) is 0 Å². The van der Waals surface area contributed by atoms with Gasteiger partial charge in [0, 0.05) is 28.8 Å². The van der Waals surface area contributed by atoms with Crippen LogP contribution in [0.15, 0.2) is 76.1 Å². The fourth-order valence-electron chi connectivity index (χ4n) is 4.19. The molecule has 0 aliphatic carbocycles. The lowest BCUT2D eigenvalue weighted by atomic mass is 10.1. The summed E-state index contributed by atoms with van der Waals surface area (Å²) in [5, 5.41) is 2.80. The van der Waals surface area contributed by atoms with Gasteiger partial charge in [-0.2, -0.15) is 0 Å². The highest BCUT2D eigenvalue weighted by Gasteiger charge is 2.28. The highest BCUT2D eigenvalue weighted by Crippen LogP contribution is 2.29. The van der Waals surface area contributed by atoms with Gasteiger partial charge in [0.25, 0.3) is 10.0 Å². The van der Waals surface area contributed by atoms with Crippen LogP contribution in [0.5, 0.6) is 5.75 Å². The summed E-state index contributed by atoms with van der Waals surface area (Å²) in [5.74, 6) is 0.187. The van der Waals surface area contributed by atoms with Crippen LogP contribution >= 0.6 is 15.9 Å². The van der Waals surface area contributed by atoms with E-state index >= 15 is 0 Å². The number of halogens is 1. The Bertz CT molecular complexity index is 1390. The van der Waals surface area contributed by atoms with E-state index < -0.39 is 22.5 Å². The first kappa shape index (κ1) is 26.7. The Kier molecular flexibility index (Phi) is 8.19. The van der Waals surface area contributed by atoms with E-state index in [9.17, 15) is 18.0 Å². The second-order valence-electron chi connectivity index (χ2n) is 8.59. The molecule has 2 amide bonds. The van der Waals surface area contributed by atoms with E-state index in [2.05, 4.69) is 21.2 Å². The van der Waals surface area contributed by atoms with Crippen molar-refractivity contribution in [2.24, 2.45) is 0 Å². The standard InChI is InChI=1S/C27H28BrN3O5S/c1-3-36-23-11-9-22(10-12-23)31(37(34,35)24-13-6-20(28)7-14-24)18-26(32)29-21-8-15-25(19(2)17-21)30-16-4-5-27(30)33/h6-15,17H,3-5,16,18H2,1-2H3,(H,29,32). The van der Waals surface area contributed by atoms with Crippen molar-refractivity contribution >= 4 is 54.8 Å². The number of hydrogen-bond acceptors (Lipinski definition) is 5. The van der Waals surface area contributed by atoms with Crippen molar-refractivity contribution in [1.82, 2.24) is 0 Å². The van der Waals surface area contributed by atoms with Gasteiger partial charge in [0.05, 0.1) is 17.2 Å². The van der Waals surface area contributed by atoms with Crippen molar-refractivity contribution in [3.8, 4) is 5.75 Å². The molecule has 1 fully saturated rings. The van der Waals surface area contributed by atoms with Gasteiger partial charge in [-0.1, -0.05) is 15.9 Å². The van der Waals surface area contributed by atoms with Gasteiger partial charge in [0.15, 0.2) is 0 Å². The lowest BCUT2D eigenvalue weighted by Crippen LogP contribution is -2.38. The molecule has 1 N–H and O–H groups in total. The number of aryl methyl sites for hydroxylation is 1. The van der Waals surface area contributed by atoms with Gasteiger partial charge < -0.3 is 15.0 Å². The summed E-state index contributed by atoms with van der Waals surface area (Å²) >= 11 is 3.32. The van der Waals surface area contributed by atoms with Crippen molar-refractivity contribution < 1.29 is 22.7 Å². The minimum absolute atomic E-state index is 0.0628. The third-order valence-corrected chi connectivity index (χ3v) is 8.29. The molecule has 0 aromatic heterocycles. The van der Waals surface area contributed by atoms with Crippen LogP contribution in [0, 0.1) is 6.92 Å². The Morgan fingerprint density at radius 1 is 1.08 bits per heavy atom. The van der Waals surface area contributed by atoms with Crippen molar-refractivity contribution in [3.05, 3.63) is 76.8 Å². The first-order chi connectivity index (χ1) is 17.7. The molecule has 0 spiro atoms. The molecule has 1 aliphatic heterocycles. The van der Waals surface area contributed by atoms with Crippen LogP contribution in [0.3, 0.4) is 0 Å². The highest BCUT2D eigenvalue weighted by atomic mass is 79.9. The number of anilines is 3. The smallest absolute Gasteiger partial charge is 0.264 e. The van der Waals surface area contributed by atoms with Gasteiger partial charge in [-0.15, -0.1) is 0 Å². The molecule has 0 saturated carbocycles. The molecule has 3 aromatic rings. The Labute approximate surface area is 225 Å². The number of nitrogens with one attached hydrogen (secondary N) is 1. The van der Waals surface area contributed by atoms with Gasteiger partial charge in [-0.25, -0.2) is 8.42 Å². The molecule has 194 valence electrons. The fourth-order valence-corrected chi connectivity index (χ4v) is 5.88. The minimum atomic E-state index is -4.05. The lowest BCUT2D eigenvalue weighted by molar-refractivity contribution is -0.117. The van der Waals surface area contributed by atoms with Crippen LogP contribution in [0.1, 0.15) is 25.3 Å². The fraction of sp³-hybridized carbons (Fsp3) is 0.259.